The molecule has 210 valence electrons. The Morgan fingerprint density at radius 2 is 1.74 bits per heavy atom. The summed E-state index contributed by atoms with van der Waals surface area (Å²) in [4.78, 5) is 31.8. The highest BCUT2D eigenvalue weighted by Crippen LogP contribution is 2.32. The van der Waals surface area contributed by atoms with Gasteiger partial charge in [0.05, 0.1) is 12.6 Å². The van der Waals surface area contributed by atoms with Gasteiger partial charge < -0.3 is 19.9 Å². The van der Waals surface area contributed by atoms with Crippen molar-refractivity contribution < 1.29 is 40.7 Å². The largest absolute Gasteiger partial charge is 0.449 e. The van der Waals surface area contributed by atoms with Gasteiger partial charge in [-0.15, -0.1) is 0 Å². The molecule has 7 nitrogen and oxygen atoms in total. The van der Waals surface area contributed by atoms with Gasteiger partial charge in [-0.1, -0.05) is 0 Å². The van der Waals surface area contributed by atoms with Crippen molar-refractivity contribution in [2.75, 3.05) is 19.6 Å². The quantitative estimate of drug-likeness (QED) is 0.427. The van der Waals surface area contributed by atoms with Gasteiger partial charge in [0, 0.05) is 37.3 Å². The van der Waals surface area contributed by atoms with Crippen LogP contribution in [-0.4, -0.2) is 71.1 Å². The maximum atomic E-state index is 14.3. The Labute approximate surface area is 216 Å². The third kappa shape index (κ3) is 6.98. The van der Waals surface area contributed by atoms with E-state index in [9.17, 15) is 35.9 Å². The summed E-state index contributed by atoms with van der Waals surface area (Å²) < 4.78 is 87.4. The van der Waals surface area contributed by atoms with Crippen LogP contribution < -0.4 is 5.32 Å². The Bertz CT molecular complexity index is 1160. The maximum Gasteiger partial charge on any atom is 0.449 e. The lowest BCUT2D eigenvalue weighted by atomic mass is 10.00. The summed E-state index contributed by atoms with van der Waals surface area (Å²) in [5.41, 5.74) is -0.263. The zero-order valence-electron chi connectivity index (χ0n) is 21.7. The molecule has 2 aliphatic heterocycles. The average Bonchev–Trinajstić information content (AvgIpc) is 2.77. The first kappa shape index (κ1) is 29.3. The third-order valence-electron chi connectivity index (χ3n) is 6.22. The van der Waals surface area contributed by atoms with Gasteiger partial charge in [-0.25, -0.2) is 18.0 Å². The van der Waals surface area contributed by atoms with Crippen molar-refractivity contribution in [1.82, 2.24) is 15.1 Å². The zero-order chi connectivity index (χ0) is 28.6. The van der Waals surface area contributed by atoms with Gasteiger partial charge in [-0.05, 0) is 58.2 Å². The highest BCUT2D eigenvalue weighted by atomic mass is 19.4. The number of halogens is 6. The van der Waals surface area contributed by atoms with Crippen molar-refractivity contribution in [3.05, 3.63) is 46.4 Å². The topological polar surface area (TPSA) is 74.2 Å². The number of rotatable bonds is 5. The molecular weight excluding hydrogens is 518 g/mol. The fraction of sp³-hybridized carbons (Fsp3) is 0.560. The van der Waals surface area contributed by atoms with E-state index in [1.807, 2.05) is 0 Å². The van der Waals surface area contributed by atoms with Crippen LogP contribution in [0.3, 0.4) is 0 Å². The lowest BCUT2D eigenvalue weighted by Crippen LogP contribution is -2.55. The van der Waals surface area contributed by atoms with Crippen LogP contribution in [0, 0.1) is 17.5 Å². The Morgan fingerprint density at radius 3 is 2.34 bits per heavy atom. The molecule has 0 bridgehead atoms. The Balaban J connectivity index is 1.80. The number of alkyl halides is 3. The molecule has 2 heterocycles. The van der Waals surface area contributed by atoms with E-state index in [4.69, 9.17) is 4.74 Å². The molecular formula is C25H30F6N4O3. The molecule has 2 amide bonds. The lowest BCUT2D eigenvalue weighted by Gasteiger charge is -2.43. The Hall–Kier alpha value is -3.25. The van der Waals surface area contributed by atoms with Gasteiger partial charge in [-0.2, -0.15) is 13.2 Å². The number of fused-ring (bicyclic) bond motifs is 1. The minimum Gasteiger partial charge on any atom is -0.444 e. The van der Waals surface area contributed by atoms with E-state index in [-0.39, 0.29) is 38.0 Å². The monoisotopic (exact) mass is 548 g/mol. The minimum atomic E-state index is -4.66. The number of benzene rings is 1. The molecule has 2 atom stereocenters. The molecule has 0 spiro atoms. The second-order valence-electron chi connectivity index (χ2n) is 10.3. The second-order valence-corrected chi connectivity index (χ2v) is 10.3. The summed E-state index contributed by atoms with van der Waals surface area (Å²) in [6.45, 7) is 7.69. The van der Waals surface area contributed by atoms with E-state index in [1.54, 1.807) is 27.7 Å². The third-order valence-corrected chi connectivity index (χ3v) is 6.22. The van der Waals surface area contributed by atoms with Crippen LogP contribution in [0.5, 0.6) is 0 Å². The average molecular weight is 549 g/mol. The summed E-state index contributed by atoms with van der Waals surface area (Å²) in [5.74, 6) is -5.29. The number of alkyl carbamates (subject to hydrolysis) is 1. The number of carbonyl (C=O) groups excluding carboxylic acids is 2. The Morgan fingerprint density at radius 1 is 1.11 bits per heavy atom. The van der Waals surface area contributed by atoms with Gasteiger partial charge in [-0.3, -0.25) is 9.79 Å². The number of aliphatic imine (C=N–C) groups is 1. The van der Waals surface area contributed by atoms with Gasteiger partial charge in [0.1, 0.15) is 11.4 Å². The van der Waals surface area contributed by atoms with E-state index < -0.39 is 59.1 Å². The van der Waals surface area contributed by atoms with Crippen molar-refractivity contribution in [2.24, 2.45) is 4.99 Å². The Kier molecular flexibility index (Phi) is 8.37. The molecule has 13 heteroatoms. The zero-order valence-corrected chi connectivity index (χ0v) is 21.7. The number of carbonyl (C=O) groups is 2. The summed E-state index contributed by atoms with van der Waals surface area (Å²) in [7, 11) is 0. The highest BCUT2D eigenvalue weighted by Gasteiger charge is 2.45. The predicted molar refractivity (Wildman–Crippen MR) is 127 cm³/mol. The number of piperazine rings is 1. The molecule has 1 fully saturated rings. The molecule has 1 aromatic rings. The minimum absolute atomic E-state index is 0.0577. The normalized spacial score (nSPS) is 19.1. The maximum absolute atomic E-state index is 14.3. The van der Waals surface area contributed by atoms with Crippen LogP contribution in [0.4, 0.5) is 31.1 Å². The first-order valence-corrected chi connectivity index (χ1v) is 12.0. The number of amidine groups is 1. The first-order valence-electron chi connectivity index (χ1n) is 12.0. The van der Waals surface area contributed by atoms with Crippen molar-refractivity contribution >= 4 is 17.8 Å². The van der Waals surface area contributed by atoms with Crippen molar-refractivity contribution in [3.63, 3.8) is 0 Å². The predicted octanol–water partition coefficient (Wildman–Crippen LogP) is 4.71. The molecule has 1 N–H and O–H groups in total. The molecule has 0 radical (unpaired) electrons. The molecule has 0 aromatic heterocycles. The van der Waals surface area contributed by atoms with E-state index in [2.05, 4.69) is 10.3 Å². The van der Waals surface area contributed by atoms with Crippen LogP contribution in [0.2, 0.25) is 0 Å². The van der Waals surface area contributed by atoms with Gasteiger partial charge >= 0.3 is 12.3 Å². The van der Waals surface area contributed by atoms with Crippen molar-refractivity contribution in [3.8, 4) is 0 Å². The van der Waals surface area contributed by atoms with Crippen LogP contribution in [0.25, 0.3) is 0 Å². The number of amides is 2. The second kappa shape index (κ2) is 10.9. The summed E-state index contributed by atoms with van der Waals surface area (Å²) in [6.07, 6.45) is -6.32. The number of ether oxygens (including phenoxy) is 1. The fourth-order valence-corrected chi connectivity index (χ4v) is 4.28. The van der Waals surface area contributed by atoms with Crippen LogP contribution in [0.1, 0.15) is 46.6 Å². The number of nitrogens with one attached hydrogen (secondary N) is 1. The summed E-state index contributed by atoms with van der Waals surface area (Å²) in [5, 5.41) is 2.47. The van der Waals surface area contributed by atoms with Gasteiger partial charge in [0.25, 0.3) is 0 Å². The molecule has 3 rings (SSSR count). The van der Waals surface area contributed by atoms with Crippen LogP contribution in [-0.2, 0) is 16.0 Å². The number of hydrogen-bond donors (Lipinski definition) is 1. The van der Waals surface area contributed by atoms with Crippen molar-refractivity contribution in [2.45, 2.75) is 71.3 Å². The molecule has 1 aromatic carbocycles. The van der Waals surface area contributed by atoms with Crippen LogP contribution in [0.15, 0.2) is 28.4 Å². The van der Waals surface area contributed by atoms with E-state index in [0.29, 0.717) is 23.4 Å². The molecule has 1 saturated heterocycles. The number of nitrogens with zero attached hydrogens (tertiary/aromatic N) is 3. The van der Waals surface area contributed by atoms with Gasteiger partial charge in [0.15, 0.2) is 11.6 Å². The summed E-state index contributed by atoms with van der Waals surface area (Å²) in [6, 6.07) is -0.795. The number of hydrogen-bond acceptors (Lipinski definition) is 5. The van der Waals surface area contributed by atoms with Crippen molar-refractivity contribution in [1.29, 1.82) is 0 Å². The highest BCUT2D eigenvalue weighted by molar-refractivity contribution is 5.91. The van der Waals surface area contributed by atoms with E-state index in [0.717, 1.165) is 4.90 Å². The first-order chi connectivity index (χ1) is 17.5. The lowest BCUT2D eigenvalue weighted by molar-refractivity contribution is -0.132. The fourth-order valence-electron chi connectivity index (χ4n) is 4.28. The molecule has 0 aliphatic carbocycles. The van der Waals surface area contributed by atoms with Gasteiger partial charge in [0.2, 0.25) is 11.7 Å². The molecule has 1 unspecified atom stereocenters. The molecule has 38 heavy (non-hydrogen) atoms. The van der Waals surface area contributed by atoms with Crippen LogP contribution >= 0.6 is 0 Å². The standard InChI is InChI=1S/C25H30F6N4O3/c1-13-14(2)32-22(25(29,30)31)35-7-6-34(12-20(13)35)21(36)10-16(33-23(37)38-24(3,4)5)8-15-9-18(27)19(28)11-17(15)26/h9,11,14,16H,6-8,10,12H2,1-5H3,(H,33,37)/t14?,16-/m1/s1. The van der Waals surface area contributed by atoms with E-state index in [1.165, 1.54) is 11.8 Å². The molecule has 0 saturated carbocycles. The SMILES string of the molecule is CC1=C2CN(C(=O)C[C@@H](Cc3cc(F)c(F)cc3F)NC(=O)OC(C)(C)C)CCN2C(C(F)(F)F)=NC1C. The smallest absolute Gasteiger partial charge is 0.444 e. The molecule has 2 aliphatic rings. The summed E-state index contributed by atoms with van der Waals surface area (Å²) >= 11 is 0. The van der Waals surface area contributed by atoms with E-state index >= 15 is 0 Å².